The number of carboxylic acid groups (broad SMARTS) is 1. The largest absolute Gasteiger partial charge is 0.477 e. The monoisotopic (exact) mass is 376 g/mol. The minimum Gasteiger partial charge on any atom is -0.477 e. The van der Waals surface area contributed by atoms with Gasteiger partial charge in [-0.15, -0.1) is 11.8 Å². The summed E-state index contributed by atoms with van der Waals surface area (Å²) in [6.07, 6.45) is 1.90. The molecule has 0 aromatic carbocycles. The molecule has 3 heterocycles. The van der Waals surface area contributed by atoms with Crippen LogP contribution in [0.2, 0.25) is 0 Å². The highest BCUT2D eigenvalue weighted by molar-refractivity contribution is 8.02. The lowest BCUT2D eigenvalue weighted by Gasteiger charge is -2.48. The Kier molecular flexibility index (Phi) is 4.69. The van der Waals surface area contributed by atoms with Crippen molar-refractivity contribution >= 4 is 58.7 Å². The van der Waals surface area contributed by atoms with Crippen molar-refractivity contribution in [3.05, 3.63) is 11.3 Å². The third-order valence-corrected chi connectivity index (χ3v) is 7.18. The van der Waals surface area contributed by atoms with Crippen LogP contribution >= 0.6 is 46.8 Å². The number of hydrogen-bond donors (Lipinski definition) is 2. The van der Waals surface area contributed by atoms with E-state index in [-0.39, 0.29) is 17.0 Å². The van der Waals surface area contributed by atoms with E-state index < -0.39 is 12.0 Å². The lowest BCUT2D eigenvalue weighted by atomic mass is 10.0. The summed E-state index contributed by atoms with van der Waals surface area (Å²) in [5.41, 5.74) is 6.52. The van der Waals surface area contributed by atoms with Gasteiger partial charge in [0.05, 0.1) is 0 Å². The summed E-state index contributed by atoms with van der Waals surface area (Å²) in [7, 11) is 0. The number of fused-ring (bicyclic) bond motifs is 1. The quantitative estimate of drug-likeness (QED) is 0.573. The van der Waals surface area contributed by atoms with Crippen LogP contribution in [-0.2, 0) is 9.59 Å². The molecule has 1 saturated heterocycles. The average molecular weight is 377 g/mol. The lowest BCUT2D eigenvalue weighted by molar-refractivity contribution is -0.147. The first kappa shape index (κ1) is 16.1. The molecule has 22 heavy (non-hydrogen) atoms. The summed E-state index contributed by atoms with van der Waals surface area (Å²) in [4.78, 5) is 29.0. The highest BCUT2D eigenvalue weighted by atomic mass is 32.2. The number of aliphatic carboxylic acids is 1. The van der Waals surface area contributed by atoms with Crippen LogP contribution in [-0.4, -0.2) is 60.4 Å². The zero-order valence-corrected chi connectivity index (χ0v) is 14.7. The number of rotatable bonds is 5. The topological polar surface area (TPSA) is 109 Å². The van der Waals surface area contributed by atoms with E-state index in [0.29, 0.717) is 16.7 Å². The number of nitrogens with zero attached hydrogens (tertiary/aromatic N) is 3. The molecule has 1 fully saturated rings. The van der Waals surface area contributed by atoms with Gasteiger partial charge >= 0.3 is 5.97 Å². The normalized spacial score (nSPS) is 24.3. The first-order chi connectivity index (χ1) is 10.5. The van der Waals surface area contributed by atoms with Crippen molar-refractivity contribution in [3.63, 3.8) is 0 Å². The number of thioether (sulfide) groups is 3. The molecular weight excluding hydrogens is 364 g/mol. The molecule has 0 aliphatic carbocycles. The van der Waals surface area contributed by atoms with Crippen molar-refractivity contribution in [2.75, 3.05) is 17.8 Å². The van der Waals surface area contributed by atoms with Crippen LogP contribution in [0.4, 0.5) is 0 Å². The summed E-state index contributed by atoms with van der Waals surface area (Å²) in [6, 6.07) is -0.596. The highest BCUT2D eigenvalue weighted by Crippen LogP contribution is 2.40. The number of carbonyl (C=O) groups is 2. The number of amides is 1. The molecule has 7 nitrogen and oxygen atoms in total. The fourth-order valence-electron chi connectivity index (χ4n) is 2.18. The zero-order valence-electron chi connectivity index (χ0n) is 11.4. The molecule has 11 heteroatoms. The Hall–Kier alpha value is -0.750. The van der Waals surface area contributed by atoms with E-state index in [1.807, 2.05) is 6.26 Å². The second-order valence-electron chi connectivity index (χ2n) is 4.53. The molecular formula is C11H12N4O3S4. The average Bonchev–Trinajstić information content (AvgIpc) is 2.99. The number of β-lactam (4-membered cyclic amide) rings is 1. The van der Waals surface area contributed by atoms with Crippen LogP contribution in [0.3, 0.4) is 0 Å². The molecule has 2 aliphatic rings. The Morgan fingerprint density at radius 2 is 2.36 bits per heavy atom. The molecule has 1 aromatic heterocycles. The van der Waals surface area contributed by atoms with Crippen molar-refractivity contribution in [2.24, 2.45) is 5.73 Å². The van der Waals surface area contributed by atoms with Gasteiger partial charge in [-0.1, -0.05) is 23.5 Å². The number of nitrogens with two attached hydrogens (primary N) is 1. The Morgan fingerprint density at radius 1 is 1.59 bits per heavy atom. The molecule has 2 aliphatic heterocycles. The smallest absolute Gasteiger partial charge is 0.352 e. The van der Waals surface area contributed by atoms with Gasteiger partial charge in [0.15, 0.2) is 4.34 Å². The summed E-state index contributed by atoms with van der Waals surface area (Å²) in [5, 5.41) is 9.89. The maximum absolute atomic E-state index is 11.8. The molecule has 0 spiro atoms. The zero-order chi connectivity index (χ0) is 15.9. The van der Waals surface area contributed by atoms with Gasteiger partial charge < -0.3 is 10.8 Å². The minimum absolute atomic E-state index is 0.0811. The molecule has 1 aromatic rings. The first-order valence-electron chi connectivity index (χ1n) is 6.19. The van der Waals surface area contributed by atoms with Crippen LogP contribution < -0.4 is 5.73 Å². The van der Waals surface area contributed by atoms with Gasteiger partial charge in [-0.3, -0.25) is 9.69 Å². The van der Waals surface area contributed by atoms with E-state index in [1.54, 1.807) is 0 Å². The Labute approximate surface area is 143 Å². The lowest BCUT2D eigenvalue weighted by Crippen LogP contribution is -2.68. The number of carbonyl (C=O) groups excluding carboxylic acids is 1. The Balaban J connectivity index is 1.78. The fraction of sp³-hybridized carbons (Fsp3) is 0.455. The predicted molar refractivity (Wildman–Crippen MR) is 88.1 cm³/mol. The third kappa shape index (κ3) is 2.75. The maximum atomic E-state index is 11.8. The standard InChI is InChI=1S/C11H12N4O3S4/c1-19-10-13-11(22-14-10)21-3-4-2-20-8-5(12)7(16)15(8)6(4)9(17)18/h5,8H,2-3,12H2,1H3,(H,17,18)/t5?,8-/m1/s1. The molecule has 1 amide bonds. The Bertz CT molecular complexity index is 662. The molecule has 2 atom stereocenters. The summed E-state index contributed by atoms with van der Waals surface area (Å²) in [6.45, 7) is 0. The van der Waals surface area contributed by atoms with Gasteiger partial charge in [0.1, 0.15) is 17.1 Å². The van der Waals surface area contributed by atoms with Crippen molar-refractivity contribution in [1.29, 1.82) is 0 Å². The predicted octanol–water partition coefficient (Wildman–Crippen LogP) is 0.933. The fourth-order valence-corrected chi connectivity index (χ4v) is 5.82. The number of carboxylic acids is 1. The number of hydrogen-bond acceptors (Lipinski definition) is 9. The van der Waals surface area contributed by atoms with Crippen LogP contribution in [0.15, 0.2) is 20.8 Å². The van der Waals surface area contributed by atoms with Gasteiger partial charge in [-0.25, -0.2) is 9.78 Å². The van der Waals surface area contributed by atoms with E-state index in [4.69, 9.17) is 5.73 Å². The second-order valence-corrected chi connectivity index (χ2v) is 8.38. The summed E-state index contributed by atoms with van der Waals surface area (Å²) < 4.78 is 4.96. The van der Waals surface area contributed by atoms with E-state index in [1.165, 1.54) is 51.7 Å². The minimum atomic E-state index is -1.08. The van der Waals surface area contributed by atoms with Crippen LogP contribution in [0.25, 0.3) is 0 Å². The Morgan fingerprint density at radius 3 is 3.00 bits per heavy atom. The highest BCUT2D eigenvalue weighted by Gasteiger charge is 2.51. The molecule has 1 unspecified atom stereocenters. The molecule has 0 saturated carbocycles. The summed E-state index contributed by atoms with van der Waals surface area (Å²) in [5.74, 6) is -0.366. The van der Waals surface area contributed by atoms with Crippen molar-refractivity contribution in [2.45, 2.75) is 20.9 Å². The van der Waals surface area contributed by atoms with Gasteiger partial charge in [-0.05, 0) is 23.4 Å². The first-order valence-corrected chi connectivity index (χ1v) is 10.2. The van der Waals surface area contributed by atoms with Gasteiger partial charge in [-0.2, -0.15) is 4.37 Å². The van der Waals surface area contributed by atoms with Crippen molar-refractivity contribution < 1.29 is 14.7 Å². The molecule has 118 valence electrons. The molecule has 3 rings (SSSR count). The van der Waals surface area contributed by atoms with E-state index in [9.17, 15) is 14.7 Å². The van der Waals surface area contributed by atoms with Crippen molar-refractivity contribution in [3.8, 4) is 0 Å². The van der Waals surface area contributed by atoms with Crippen LogP contribution in [0.1, 0.15) is 0 Å². The third-order valence-electron chi connectivity index (χ3n) is 3.23. The van der Waals surface area contributed by atoms with E-state index in [2.05, 4.69) is 9.36 Å². The SMILES string of the molecule is CSc1nsc(SCC2=C(C(=O)O)N3C(=O)C(N)[C@H]3SC2)n1. The van der Waals surface area contributed by atoms with Gasteiger partial charge in [0.2, 0.25) is 11.1 Å². The van der Waals surface area contributed by atoms with Crippen LogP contribution in [0.5, 0.6) is 0 Å². The van der Waals surface area contributed by atoms with Gasteiger partial charge in [0, 0.05) is 11.5 Å². The maximum Gasteiger partial charge on any atom is 0.352 e. The molecule has 0 radical (unpaired) electrons. The van der Waals surface area contributed by atoms with Crippen LogP contribution in [0, 0.1) is 0 Å². The van der Waals surface area contributed by atoms with E-state index in [0.717, 1.165) is 9.91 Å². The molecule has 3 N–H and O–H groups in total. The molecule has 0 bridgehead atoms. The second kappa shape index (κ2) is 6.40. The number of aromatic nitrogens is 2. The van der Waals surface area contributed by atoms with Crippen molar-refractivity contribution in [1.82, 2.24) is 14.3 Å². The van der Waals surface area contributed by atoms with E-state index >= 15 is 0 Å². The summed E-state index contributed by atoms with van der Waals surface area (Å²) >= 11 is 5.71. The van der Waals surface area contributed by atoms with Gasteiger partial charge in [0.25, 0.3) is 0 Å².